The maximum atomic E-state index is 14.0. The fourth-order valence-corrected chi connectivity index (χ4v) is 2.21. The zero-order valence-electron chi connectivity index (χ0n) is 9.93. The van der Waals surface area contributed by atoms with Crippen LogP contribution < -0.4 is 0 Å². The molecule has 0 saturated heterocycles. The van der Waals surface area contributed by atoms with Crippen LogP contribution in [0.3, 0.4) is 0 Å². The second kappa shape index (κ2) is 4.72. The van der Waals surface area contributed by atoms with Gasteiger partial charge in [-0.05, 0) is 46.3 Å². The lowest BCUT2D eigenvalue weighted by Gasteiger charge is -1.99. The molecule has 0 aliphatic rings. The summed E-state index contributed by atoms with van der Waals surface area (Å²) in [6.45, 7) is 0. The average molecular weight is 336 g/mol. The summed E-state index contributed by atoms with van der Waals surface area (Å²) in [7, 11) is 0. The second-order valence-electron chi connectivity index (χ2n) is 4.11. The van der Waals surface area contributed by atoms with Gasteiger partial charge in [0.15, 0.2) is 5.58 Å². The average Bonchev–Trinajstić information content (AvgIpc) is 2.84. The fourth-order valence-electron chi connectivity index (χ4n) is 1.84. The van der Waals surface area contributed by atoms with Crippen molar-refractivity contribution in [3.8, 4) is 11.5 Å². The Bertz CT molecular complexity index is 828. The Hall–Kier alpha value is -2.21. The maximum Gasteiger partial charge on any atom is 0.335 e. The molecule has 3 rings (SSSR count). The Labute approximate surface area is 121 Å². The zero-order chi connectivity index (χ0) is 14.3. The summed E-state index contributed by atoms with van der Waals surface area (Å²) in [5, 5.41) is 8.92. The van der Waals surface area contributed by atoms with Gasteiger partial charge in [0.05, 0.1) is 15.6 Å². The van der Waals surface area contributed by atoms with E-state index < -0.39 is 11.8 Å². The van der Waals surface area contributed by atoms with Crippen molar-refractivity contribution in [2.75, 3.05) is 0 Å². The van der Waals surface area contributed by atoms with Crippen molar-refractivity contribution in [3.05, 3.63) is 52.3 Å². The Morgan fingerprint density at radius 3 is 2.85 bits per heavy atom. The molecule has 0 spiro atoms. The SMILES string of the molecule is O=C(O)c1ccc2nc(-c3cccc(Br)c3F)oc2c1. The Kier molecular flexibility index (Phi) is 3.02. The number of aromatic carboxylic acids is 1. The van der Waals surface area contributed by atoms with Crippen molar-refractivity contribution in [1.82, 2.24) is 4.98 Å². The predicted molar refractivity (Wildman–Crippen MR) is 74.1 cm³/mol. The highest BCUT2D eigenvalue weighted by molar-refractivity contribution is 9.10. The van der Waals surface area contributed by atoms with Crippen LogP contribution in [0.4, 0.5) is 4.39 Å². The smallest absolute Gasteiger partial charge is 0.335 e. The van der Waals surface area contributed by atoms with Gasteiger partial charge in [0.25, 0.3) is 0 Å². The van der Waals surface area contributed by atoms with E-state index in [9.17, 15) is 9.18 Å². The van der Waals surface area contributed by atoms with Crippen molar-refractivity contribution in [2.24, 2.45) is 0 Å². The van der Waals surface area contributed by atoms with Gasteiger partial charge in [-0.25, -0.2) is 14.2 Å². The van der Waals surface area contributed by atoms with E-state index in [-0.39, 0.29) is 17.0 Å². The number of fused-ring (bicyclic) bond motifs is 1. The molecule has 1 aromatic heterocycles. The van der Waals surface area contributed by atoms with Crippen LogP contribution in [0.2, 0.25) is 0 Å². The molecule has 0 bridgehead atoms. The number of nitrogens with zero attached hydrogens (tertiary/aromatic N) is 1. The quantitative estimate of drug-likeness (QED) is 0.765. The van der Waals surface area contributed by atoms with Crippen LogP contribution in [0.25, 0.3) is 22.6 Å². The summed E-state index contributed by atoms with van der Waals surface area (Å²) in [5.41, 5.74) is 1.09. The van der Waals surface area contributed by atoms with Crippen LogP contribution in [0, 0.1) is 5.82 Å². The maximum absolute atomic E-state index is 14.0. The monoisotopic (exact) mass is 335 g/mol. The molecular weight excluding hydrogens is 329 g/mol. The lowest BCUT2D eigenvalue weighted by molar-refractivity contribution is 0.0697. The van der Waals surface area contributed by atoms with E-state index in [0.29, 0.717) is 15.6 Å². The van der Waals surface area contributed by atoms with E-state index in [4.69, 9.17) is 9.52 Å². The first-order chi connectivity index (χ1) is 9.56. The van der Waals surface area contributed by atoms with Crippen molar-refractivity contribution in [1.29, 1.82) is 0 Å². The zero-order valence-corrected chi connectivity index (χ0v) is 11.5. The van der Waals surface area contributed by atoms with Crippen molar-refractivity contribution < 1.29 is 18.7 Å². The first kappa shape index (κ1) is 12.8. The molecule has 3 aromatic rings. The number of rotatable bonds is 2. The van der Waals surface area contributed by atoms with Gasteiger partial charge in [-0.3, -0.25) is 0 Å². The third-order valence-electron chi connectivity index (χ3n) is 2.82. The third-order valence-corrected chi connectivity index (χ3v) is 3.43. The molecule has 1 N–H and O–H groups in total. The topological polar surface area (TPSA) is 63.3 Å². The van der Waals surface area contributed by atoms with Crippen LogP contribution in [0.15, 0.2) is 45.3 Å². The van der Waals surface area contributed by atoms with Gasteiger partial charge >= 0.3 is 5.97 Å². The van der Waals surface area contributed by atoms with Crippen LogP contribution in [-0.4, -0.2) is 16.1 Å². The Morgan fingerprint density at radius 1 is 1.30 bits per heavy atom. The number of hydrogen-bond acceptors (Lipinski definition) is 3. The first-order valence-corrected chi connectivity index (χ1v) is 6.44. The summed E-state index contributed by atoms with van der Waals surface area (Å²) in [5.74, 6) is -1.42. The molecule has 100 valence electrons. The molecule has 1 heterocycles. The lowest BCUT2D eigenvalue weighted by atomic mass is 10.2. The Morgan fingerprint density at radius 2 is 2.10 bits per heavy atom. The number of carbonyl (C=O) groups is 1. The molecule has 0 aliphatic heterocycles. The highest BCUT2D eigenvalue weighted by atomic mass is 79.9. The molecule has 20 heavy (non-hydrogen) atoms. The molecule has 2 aromatic carbocycles. The molecule has 4 nitrogen and oxygen atoms in total. The normalized spacial score (nSPS) is 10.9. The summed E-state index contributed by atoms with van der Waals surface area (Å²) in [6.07, 6.45) is 0. The minimum atomic E-state index is -1.06. The van der Waals surface area contributed by atoms with Crippen LogP contribution in [0.5, 0.6) is 0 Å². The second-order valence-corrected chi connectivity index (χ2v) is 4.96. The van der Waals surface area contributed by atoms with Gasteiger partial charge in [0, 0.05) is 0 Å². The number of hydrogen-bond donors (Lipinski definition) is 1. The highest BCUT2D eigenvalue weighted by Crippen LogP contribution is 2.30. The van der Waals surface area contributed by atoms with Gasteiger partial charge < -0.3 is 9.52 Å². The minimum absolute atomic E-state index is 0.0925. The van der Waals surface area contributed by atoms with Gasteiger partial charge in [-0.2, -0.15) is 0 Å². The number of aromatic nitrogens is 1. The van der Waals surface area contributed by atoms with E-state index in [1.165, 1.54) is 18.2 Å². The van der Waals surface area contributed by atoms with Gasteiger partial charge in [-0.15, -0.1) is 0 Å². The van der Waals surface area contributed by atoms with E-state index >= 15 is 0 Å². The van der Waals surface area contributed by atoms with Crippen molar-refractivity contribution >= 4 is 33.0 Å². The highest BCUT2D eigenvalue weighted by Gasteiger charge is 2.15. The summed E-state index contributed by atoms with van der Waals surface area (Å²) < 4.78 is 19.7. The van der Waals surface area contributed by atoms with Crippen molar-refractivity contribution in [3.63, 3.8) is 0 Å². The number of carboxylic acids is 1. The Balaban J connectivity index is 2.18. The molecule has 0 unspecified atom stereocenters. The molecule has 0 amide bonds. The predicted octanol–water partition coefficient (Wildman–Crippen LogP) is 4.09. The van der Waals surface area contributed by atoms with E-state index in [1.54, 1.807) is 18.2 Å². The molecular formula is C14H7BrFNO3. The third kappa shape index (κ3) is 2.08. The standard InChI is InChI=1S/C14H7BrFNO3/c15-9-3-1-2-8(12(9)16)13-17-10-5-4-7(14(18)19)6-11(10)20-13/h1-6H,(H,18,19). The lowest BCUT2D eigenvalue weighted by Crippen LogP contribution is -1.94. The number of oxazole rings is 1. The minimum Gasteiger partial charge on any atom is -0.478 e. The first-order valence-electron chi connectivity index (χ1n) is 5.64. The number of benzene rings is 2. The van der Waals surface area contributed by atoms with Crippen LogP contribution in [-0.2, 0) is 0 Å². The van der Waals surface area contributed by atoms with Gasteiger partial charge in [0.2, 0.25) is 5.89 Å². The molecule has 0 radical (unpaired) electrons. The summed E-state index contributed by atoms with van der Waals surface area (Å²) >= 11 is 3.10. The van der Waals surface area contributed by atoms with Crippen molar-refractivity contribution in [2.45, 2.75) is 0 Å². The molecule has 0 atom stereocenters. The number of halogens is 2. The van der Waals surface area contributed by atoms with E-state index in [0.717, 1.165) is 0 Å². The molecule has 0 aliphatic carbocycles. The van der Waals surface area contributed by atoms with Gasteiger partial charge in [0.1, 0.15) is 11.3 Å². The van der Waals surface area contributed by atoms with E-state index in [1.807, 2.05) is 0 Å². The number of carboxylic acid groups (broad SMARTS) is 1. The molecule has 0 saturated carbocycles. The van der Waals surface area contributed by atoms with Gasteiger partial charge in [-0.1, -0.05) is 6.07 Å². The van der Waals surface area contributed by atoms with Crippen LogP contribution in [0.1, 0.15) is 10.4 Å². The largest absolute Gasteiger partial charge is 0.478 e. The fraction of sp³-hybridized carbons (Fsp3) is 0. The summed E-state index contributed by atoms with van der Waals surface area (Å²) in [6, 6.07) is 9.10. The van der Waals surface area contributed by atoms with Crippen LogP contribution >= 0.6 is 15.9 Å². The summed E-state index contributed by atoms with van der Waals surface area (Å²) in [4.78, 5) is 15.1. The molecule has 0 fully saturated rings. The molecule has 6 heteroatoms. The van der Waals surface area contributed by atoms with E-state index in [2.05, 4.69) is 20.9 Å².